The molecule has 1 N–H and O–H groups in total. The monoisotopic (exact) mass is 510 g/mol. The van der Waals surface area contributed by atoms with Crippen molar-refractivity contribution in [1.29, 1.82) is 0 Å². The Balaban J connectivity index is 1.73. The molecule has 4 rings (SSSR count). The van der Waals surface area contributed by atoms with Gasteiger partial charge in [-0.05, 0) is 50.3 Å². The Morgan fingerprint density at radius 1 is 1.17 bits per heavy atom. The van der Waals surface area contributed by atoms with Gasteiger partial charge in [0, 0.05) is 28.4 Å². The molecule has 0 saturated carbocycles. The number of rotatable bonds is 7. The lowest BCUT2D eigenvalue weighted by Crippen LogP contribution is -2.21. The number of nitrogens with zero attached hydrogens (tertiary/aromatic N) is 3. The quantitative estimate of drug-likeness (QED) is 0.384. The number of esters is 1. The normalized spacial score (nSPS) is 15.8. The van der Waals surface area contributed by atoms with Gasteiger partial charge >= 0.3 is 5.97 Å². The minimum Gasteiger partial charge on any atom is -0.476 e. The number of ether oxygens (including phenoxy) is 2. The Morgan fingerprint density at radius 2 is 1.86 bits per heavy atom. The molecule has 0 aliphatic carbocycles. The van der Waals surface area contributed by atoms with Crippen molar-refractivity contribution in [2.75, 3.05) is 29.7 Å². The second kappa shape index (κ2) is 9.86. The van der Waals surface area contributed by atoms with Crippen LogP contribution in [-0.4, -0.2) is 50.7 Å². The number of carbonyl (C=O) groups is 2. The molecule has 0 fully saturated rings. The lowest BCUT2D eigenvalue weighted by molar-refractivity contribution is -0.143. The average Bonchev–Trinajstić information content (AvgIpc) is 3.36. The second-order valence-corrected chi connectivity index (χ2v) is 9.89. The molecule has 10 nitrogen and oxygen atoms in total. The molecule has 1 aromatic heterocycles. The summed E-state index contributed by atoms with van der Waals surface area (Å²) in [6, 6.07) is 13.2. The fraction of sp³-hybridized carbons (Fsp3) is 0.240. The third-order valence-electron chi connectivity index (χ3n) is 5.57. The van der Waals surface area contributed by atoms with Gasteiger partial charge in [0.2, 0.25) is 15.9 Å². The SMILES string of the molecule is CCOC1=NN(c2ccc(NS(C)(=O)=O)cc2)C(=O)C1=Cc1cn(C(C)C(=O)OC)c2ccccc12. The van der Waals surface area contributed by atoms with Gasteiger partial charge in [0.25, 0.3) is 5.91 Å². The van der Waals surface area contributed by atoms with Gasteiger partial charge in [0.15, 0.2) is 0 Å². The highest BCUT2D eigenvalue weighted by atomic mass is 32.2. The number of carbonyl (C=O) groups excluding carboxylic acids is 2. The van der Waals surface area contributed by atoms with Crippen LogP contribution in [0.4, 0.5) is 11.4 Å². The molecule has 2 heterocycles. The summed E-state index contributed by atoms with van der Waals surface area (Å²) in [5.41, 5.74) is 2.59. The molecule has 1 amide bonds. The van der Waals surface area contributed by atoms with E-state index in [9.17, 15) is 18.0 Å². The molecule has 0 radical (unpaired) electrons. The summed E-state index contributed by atoms with van der Waals surface area (Å²) in [4.78, 5) is 25.6. The summed E-state index contributed by atoms with van der Waals surface area (Å²) in [5, 5.41) is 6.42. The molecule has 188 valence electrons. The number of hydrogen-bond donors (Lipinski definition) is 1. The number of anilines is 2. The van der Waals surface area contributed by atoms with E-state index >= 15 is 0 Å². The third-order valence-corrected chi connectivity index (χ3v) is 6.18. The van der Waals surface area contributed by atoms with Crippen molar-refractivity contribution in [1.82, 2.24) is 4.57 Å². The zero-order valence-corrected chi connectivity index (χ0v) is 21.1. The summed E-state index contributed by atoms with van der Waals surface area (Å²) in [6.45, 7) is 3.84. The standard InChI is InChI=1S/C25H26N4O6S/c1-5-35-23-21(24(30)29(26-23)19-12-10-18(11-13-19)27-36(4,32)33)14-17-15-28(16(2)25(31)34-3)22-9-7-6-8-20(17)22/h6-16,27H,5H2,1-4H3. The van der Waals surface area contributed by atoms with Crippen LogP contribution in [0.2, 0.25) is 0 Å². The van der Waals surface area contributed by atoms with E-state index in [1.54, 1.807) is 55.0 Å². The Kier molecular flexibility index (Phi) is 6.84. The van der Waals surface area contributed by atoms with Gasteiger partial charge in [-0.3, -0.25) is 9.52 Å². The average molecular weight is 511 g/mol. The summed E-state index contributed by atoms with van der Waals surface area (Å²) >= 11 is 0. The first-order valence-corrected chi connectivity index (χ1v) is 13.0. The smallest absolute Gasteiger partial charge is 0.328 e. The molecule has 11 heteroatoms. The summed E-state index contributed by atoms with van der Waals surface area (Å²) in [6.07, 6.45) is 4.55. The van der Waals surface area contributed by atoms with E-state index in [4.69, 9.17) is 9.47 Å². The molecule has 0 saturated heterocycles. The van der Waals surface area contributed by atoms with Gasteiger partial charge in [0.1, 0.15) is 11.6 Å². The molecule has 1 aliphatic rings. The number of sulfonamides is 1. The van der Waals surface area contributed by atoms with Crippen molar-refractivity contribution in [2.24, 2.45) is 5.10 Å². The highest BCUT2D eigenvalue weighted by Gasteiger charge is 2.33. The molecular weight excluding hydrogens is 484 g/mol. The molecule has 2 aromatic carbocycles. The van der Waals surface area contributed by atoms with Crippen molar-refractivity contribution in [3.8, 4) is 0 Å². The topological polar surface area (TPSA) is 119 Å². The fourth-order valence-electron chi connectivity index (χ4n) is 3.93. The van der Waals surface area contributed by atoms with Crippen LogP contribution in [0.5, 0.6) is 0 Å². The predicted octanol–water partition coefficient (Wildman–Crippen LogP) is 3.53. The molecule has 0 bridgehead atoms. The largest absolute Gasteiger partial charge is 0.476 e. The molecule has 1 atom stereocenters. The van der Waals surface area contributed by atoms with Gasteiger partial charge in [-0.1, -0.05) is 18.2 Å². The molecule has 1 aliphatic heterocycles. The number of nitrogens with one attached hydrogen (secondary N) is 1. The maximum atomic E-state index is 13.4. The Morgan fingerprint density at radius 3 is 2.50 bits per heavy atom. The molecule has 1 unspecified atom stereocenters. The maximum absolute atomic E-state index is 13.4. The van der Waals surface area contributed by atoms with Crippen LogP contribution in [0.25, 0.3) is 17.0 Å². The van der Waals surface area contributed by atoms with Crippen LogP contribution < -0.4 is 9.73 Å². The van der Waals surface area contributed by atoms with E-state index in [1.165, 1.54) is 12.1 Å². The number of fused-ring (bicyclic) bond motifs is 1. The number of aromatic nitrogens is 1. The molecule has 36 heavy (non-hydrogen) atoms. The van der Waals surface area contributed by atoms with E-state index in [-0.39, 0.29) is 17.4 Å². The fourth-order valence-corrected chi connectivity index (χ4v) is 4.49. The highest BCUT2D eigenvalue weighted by Crippen LogP contribution is 2.31. The zero-order chi connectivity index (χ0) is 26.0. The van der Waals surface area contributed by atoms with Gasteiger partial charge in [-0.2, -0.15) is 5.01 Å². The molecular formula is C25H26N4O6S. The summed E-state index contributed by atoms with van der Waals surface area (Å²) < 4.78 is 37.7. The third kappa shape index (κ3) is 4.96. The lowest BCUT2D eigenvalue weighted by atomic mass is 10.1. The van der Waals surface area contributed by atoms with E-state index in [0.29, 0.717) is 23.5 Å². The number of hydrazone groups is 1. The first-order valence-electron chi connectivity index (χ1n) is 11.2. The van der Waals surface area contributed by atoms with Gasteiger partial charge in [0.05, 0.1) is 25.7 Å². The minimum absolute atomic E-state index is 0.165. The van der Waals surface area contributed by atoms with Gasteiger partial charge < -0.3 is 14.0 Å². The van der Waals surface area contributed by atoms with Crippen molar-refractivity contribution in [3.05, 3.63) is 65.9 Å². The Hall–Kier alpha value is -4.12. The van der Waals surface area contributed by atoms with E-state index in [2.05, 4.69) is 9.82 Å². The summed E-state index contributed by atoms with van der Waals surface area (Å²) in [5.74, 6) is -0.623. The van der Waals surface area contributed by atoms with Crippen LogP contribution in [0.3, 0.4) is 0 Å². The van der Waals surface area contributed by atoms with Crippen LogP contribution >= 0.6 is 0 Å². The van der Waals surface area contributed by atoms with Crippen LogP contribution in [0.15, 0.2) is 65.4 Å². The Bertz CT molecular complexity index is 1490. The number of amides is 1. The van der Waals surface area contributed by atoms with Crippen molar-refractivity contribution >= 4 is 56.2 Å². The van der Waals surface area contributed by atoms with Crippen molar-refractivity contribution in [2.45, 2.75) is 19.9 Å². The van der Waals surface area contributed by atoms with E-state index < -0.39 is 22.0 Å². The number of para-hydroxylation sites is 1. The number of hydrogen-bond acceptors (Lipinski definition) is 7. The van der Waals surface area contributed by atoms with E-state index in [0.717, 1.165) is 17.2 Å². The van der Waals surface area contributed by atoms with Gasteiger partial charge in [-0.25, -0.2) is 13.2 Å². The van der Waals surface area contributed by atoms with Crippen molar-refractivity contribution in [3.63, 3.8) is 0 Å². The first-order chi connectivity index (χ1) is 17.1. The maximum Gasteiger partial charge on any atom is 0.328 e. The minimum atomic E-state index is -3.43. The van der Waals surface area contributed by atoms with Gasteiger partial charge in [-0.15, -0.1) is 5.10 Å². The van der Waals surface area contributed by atoms with Crippen LogP contribution in [0, 0.1) is 0 Å². The number of benzene rings is 2. The van der Waals surface area contributed by atoms with Crippen LogP contribution in [-0.2, 0) is 29.1 Å². The summed E-state index contributed by atoms with van der Waals surface area (Å²) in [7, 11) is -2.09. The Labute approximate surface area is 208 Å². The predicted molar refractivity (Wildman–Crippen MR) is 138 cm³/mol. The highest BCUT2D eigenvalue weighted by molar-refractivity contribution is 7.92. The van der Waals surface area contributed by atoms with E-state index in [1.807, 2.05) is 24.3 Å². The molecule has 3 aromatic rings. The zero-order valence-electron chi connectivity index (χ0n) is 20.3. The lowest BCUT2D eigenvalue weighted by Gasteiger charge is -2.12. The van der Waals surface area contributed by atoms with Crippen molar-refractivity contribution < 1.29 is 27.5 Å². The first kappa shape index (κ1) is 25.0. The number of methoxy groups -OCH3 is 1. The molecule has 0 spiro atoms. The van der Waals surface area contributed by atoms with Crippen LogP contribution in [0.1, 0.15) is 25.5 Å². The second-order valence-electron chi connectivity index (χ2n) is 8.14.